The second kappa shape index (κ2) is 4.01. The first kappa shape index (κ1) is 9.69. The average Bonchev–Trinajstić information content (AvgIpc) is 2.05. The Bertz CT molecular complexity index is 259. The molecule has 1 aromatic rings. The molecule has 3 heteroatoms. The number of aryl methyl sites for hydroxylation is 1. The lowest BCUT2D eigenvalue weighted by molar-refractivity contribution is 0.414. The van der Waals surface area contributed by atoms with Crippen molar-refractivity contribution in [3.63, 3.8) is 0 Å². The van der Waals surface area contributed by atoms with Gasteiger partial charge in [-0.05, 0) is 24.1 Å². The van der Waals surface area contributed by atoms with Gasteiger partial charge in [0.15, 0.2) is 0 Å². The third kappa shape index (κ3) is 1.85. The molecule has 0 amide bonds. The van der Waals surface area contributed by atoms with Gasteiger partial charge < -0.3 is 4.74 Å². The van der Waals surface area contributed by atoms with Crippen molar-refractivity contribution in [1.82, 2.24) is 0 Å². The third-order valence-electron chi connectivity index (χ3n) is 1.70. The van der Waals surface area contributed by atoms with E-state index >= 15 is 0 Å². The van der Waals surface area contributed by atoms with E-state index in [0.29, 0.717) is 15.8 Å². The fourth-order valence-electron chi connectivity index (χ4n) is 0.999. The third-order valence-corrected chi connectivity index (χ3v) is 2.35. The second-order valence-electron chi connectivity index (χ2n) is 2.43. The molecule has 0 bridgehead atoms. The molecule has 0 saturated carbocycles. The fourth-order valence-corrected chi connectivity index (χ4v) is 1.59. The van der Waals surface area contributed by atoms with Crippen LogP contribution in [0, 0.1) is 0 Å². The highest BCUT2D eigenvalue weighted by Gasteiger charge is 2.05. The Morgan fingerprint density at radius 2 is 1.92 bits per heavy atom. The molecule has 0 unspecified atom stereocenters. The van der Waals surface area contributed by atoms with E-state index in [1.807, 2.05) is 13.0 Å². The largest absolute Gasteiger partial charge is 0.495 e. The van der Waals surface area contributed by atoms with Gasteiger partial charge in [-0.25, -0.2) is 0 Å². The maximum Gasteiger partial charge on any atom is 0.137 e. The van der Waals surface area contributed by atoms with Crippen molar-refractivity contribution >= 4 is 23.2 Å². The molecule has 0 spiro atoms. The molecule has 12 heavy (non-hydrogen) atoms. The van der Waals surface area contributed by atoms with E-state index < -0.39 is 0 Å². The summed E-state index contributed by atoms with van der Waals surface area (Å²) in [6.07, 6.45) is 0.881. The van der Waals surface area contributed by atoms with Crippen LogP contribution in [0.15, 0.2) is 12.1 Å². The van der Waals surface area contributed by atoms with Crippen molar-refractivity contribution in [1.29, 1.82) is 0 Å². The van der Waals surface area contributed by atoms with Crippen LogP contribution >= 0.6 is 23.2 Å². The summed E-state index contributed by atoms with van der Waals surface area (Å²) in [5.74, 6) is 0.679. The predicted octanol–water partition coefficient (Wildman–Crippen LogP) is 3.56. The first-order chi connectivity index (χ1) is 5.69. The van der Waals surface area contributed by atoms with Gasteiger partial charge in [0.05, 0.1) is 12.1 Å². The second-order valence-corrected chi connectivity index (χ2v) is 3.25. The minimum absolute atomic E-state index is 0.555. The fraction of sp³-hybridized carbons (Fsp3) is 0.333. The molecule has 1 aromatic carbocycles. The van der Waals surface area contributed by atoms with Crippen LogP contribution in [-0.4, -0.2) is 7.11 Å². The van der Waals surface area contributed by atoms with Crippen LogP contribution in [-0.2, 0) is 6.42 Å². The lowest BCUT2D eigenvalue weighted by atomic mass is 10.1. The monoisotopic (exact) mass is 204 g/mol. The van der Waals surface area contributed by atoms with Crippen LogP contribution in [0.5, 0.6) is 5.75 Å². The zero-order chi connectivity index (χ0) is 9.14. The topological polar surface area (TPSA) is 9.23 Å². The summed E-state index contributed by atoms with van der Waals surface area (Å²) in [5, 5.41) is 1.25. The van der Waals surface area contributed by atoms with Crippen molar-refractivity contribution in [2.75, 3.05) is 7.11 Å². The number of ether oxygens (including phenoxy) is 1. The number of methoxy groups -OCH3 is 1. The van der Waals surface area contributed by atoms with E-state index in [-0.39, 0.29) is 0 Å². The highest BCUT2D eigenvalue weighted by atomic mass is 35.5. The van der Waals surface area contributed by atoms with Gasteiger partial charge in [0, 0.05) is 5.02 Å². The van der Waals surface area contributed by atoms with Crippen molar-refractivity contribution in [2.45, 2.75) is 13.3 Å². The lowest BCUT2D eigenvalue weighted by Crippen LogP contribution is -1.88. The molecule has 0 atom stereocenters. The molecule has 0 aliphatic heterocycles. The minimum atomic E-state index is 0.555. The van der Waals surface area contributed by atoms with Gasteiger partial charge in [-0.15, -0.1) is 0 Å². The molecule has 1 nitrogen and oxygen atoms in total. The summed E-state index contributed by atoms with van der Waals surface area (Å²) in [7, 11) is 1.59. The number of halogens is 2. The highest BCUT2D eigenvalue weighted by molar-refractivity contribution is 6.36. The van der Waals surface area contributed by atoms with Gasteiger partial charge >= 0.3 is 0 Å². The van der Waals surface area contributed by atoms with Crippen LogP contribution in [0.3, 0.4) is 0 Å². The molecule has 0 heterocycles. The quantitative estimate of drug-likeness (QED) is 0.717. The van der Waals surface area contributed by atoms with Crippen molar-refractivity contribution in [3.8, 4) is 5.75 Å². The Morgan fingerprint density at radius 3 is 2.42 bits per heavy atom. The summed E-state index contributed by atoms with van der Waals surface area (Å²) >= 11 is 11.8. The molecular weight excluding hydrogens is 195 g/mol. The molecule has 0 aliphatic carbocycles. The van der Waals surface area contributed by atoms with E-state index in [1.165, 1.54) is 0 Å². The van der Waals surface area contributed by atoms with E-state index in [2.05, 4.69) is 0 Å². The van der Waals surface area contributed by atoms with Crippen LogP contribution in [0.4, 0.5) is 0 Å². The molecule has 0 N–H and O–H groups in total. The maximum absolute atomic E-state index is 5.92. The Morgan fingerprint density at radius 1 is 1.25 bits per heavy atom. The first-order valence-corrected chi connectivity index (χ1v) is 4.46. The summed E-state index contributed by atoms with van der Waals surface area (Å²) in [4.78, 5) is 0. The first-order valence-electron chi connectivity index (χ1n) is 3.71. The zero-order valence-electron chi connectivity index (χ0n) is 7.03. The number of hydrogen-bond acceptors (Lipinski definition) is 1. The van der Waals surface area contributed by atoms with Gasteiger partial charge in [0.25, 0.3) is 0 Å². The average molecular weight is 205 g/mol. The molecule has 66 valence electrons. The van der Waals surface area contributed by atoms with Gasteiger partial charge in [-0.1, -0.05) is 30.1 Å². The van der Waals surface area contributed by atoms with Gasteiger partial charge in [-0.2, -0.15) is 0 Å². The maximum atomic E-state index is 5.92. The SMILES string of the molecule is CCc1cc(OC)c(Cl)cc1Cl. The standard InChI is InChI=1S/C9H10Cl2O/c1-3-6-4-9(12-2)8(11)5-7(6)10/h4-5H,3H2,1-2H3. The van der Waals surface area contributed by atoms with Gasteiger partial charge in [0.1, 0.15) is 5.75 Å². The number of benzene rings is 1. The van der Waals surface area contributed by atoms with Crippen LogP contribution < -0.4 is 4.74 Å². The molecule has 0 aromatic heterocycles. The van der Waals surface area contributed by atoms with E-state index in [4.69, 9.17) is 27.9 Å². The van der Waals surface area contributed by atoms with E-state index in [1.54, 1.807) is 13.2 Å². The molecule has 0 aliphatic rings. The van der Waals surface area contributed by atoms with Crippen LogP contribution in [0.25, 0.3) is 0 Å². The molecule has 0 radical (unpaired) electrons. The normalized spacial score (nSPS) is 10.0. The zero-order valence-corrected chi connectivity index (χ0v) is 8.54. The summed E-state index contributed by atoms with van der Waals surface area (Å²) in [5.41, 5.74) is 1.05. The predicted molar refractivity (Wildman–Crippen MR) is 52.4 cm³/mol. The minimum Gasteiger partial charge on any atom is -0.495 e. The number of hydrogen-bond donors (Lipinski definition) is 0. The van der Waals surface area contributed by atoms with Crippen molar-refractivity contribution in [3.05, 3.63) is 27.7 Å². The summed E-state index contributed by atoms with van der Waals surface area (Å²) in [6, 6.07) is 3.57. The Kier molecular flexibility index (Phi) is 3.24. The van der Waals surface area contributed by atoms with Crippen molar-refractivity contribution in [2.24, 2.45) is 0 Å². The van der Waals surface area contributed by atoms with Crippen LogP contribution in [0.1, 0.15) is 12.5 Å². The van der Waals surface area contributed by atoms with E-state index in [0.717, 1.165) is 12.0 Å². The Balaban J connectivity index is 3.18. The Hall–Kier alpha value is -0.400. The lowest BCUT2D eigenvalue weighted by Gasteiger charge is -2.06. The molecule has 0 fully saturated rings. The van der Waals surface area contributed by atoms with Crippen molar-refractivity contribution < 1.29 is 4.74 Å². The van der Waals surface area contributed by atoms with Crippen LogP contribution in [0.2, 0.25) is 10.0 Å². The highest BCUT2D eigenvalue weighted by Crippen LogP contribution is 2.30. The summed E-state index contributed by atoms with van der Waals surface area (Å²) < 4.78 is 5.05. The smallest absolute Gasteiger partial charge is 0.137 e. The van der Waals surface area contributed by atoms with Gasteiger partial charge in [-0.3, -0.25) is 0 Å². The summed E-state index contributed by atoms with van der Waals surface area (Å²) in [6.45, 7) is 2.04. The molecule has 0 saturated heterocycles. The van der Waals surface area contributed by atoms with Gasteiger partial charge in [0.2, 0.25) is 0 Å². The Labute approximate surface area is 82.2 Å². The number of rotatable bonds is 2. The molecule has 1 rings (SSSR count). The molecular formula is C9H10Cl2O. The van der Waals surface area contributed by atoms with E-state index in [9.17, 15) is 0 Å².